The molecule has 2 fully saturated rings. The Morgan fingerprint density at radius 3 is 2.33 bits per heavy atom. The molecule has 18 heavy (non-hydrogen) atoms. The van der Waals surface area contributed by atoms with Crippen LogP contribution < -0.4 is 0 Å². The van der Waals surface area contributed by atoms with Crippen LogP contribution in [0, 0.1) is 0 Å². The van der Waals surface area contributed by atoms with Crippen LogP contribution in [0.1, 0.15) is 39.5 Å². The van der Waals surface area contributed by atoms with E-state index in [1.54, 1.807) is 4.31 Å². The Morgan fingerprint density at radius 1 is 1.28 bits per heavy atom. The molecule has 0 aliphatic carbocycles. The van der Waals surface area contributed by atoms with Crippen LogP contribution in [0.15, 0.2) is 0 Å². The van der Waals surface area contributed by atoms with Crippen LogP contribution in [0.2, 0.25) is 0 Å². The van der Waals surface area contributed by atoms with E-state index in [-0.39, 0.29) is 36.7 Å². The lowest BCUT2D eigenvalue weighted by atomic mass is 10.0. The first-order valence-corrected chi connectivity index (χ1v) is 8.32. The lowest BCUT2D eigenvalue weighted by molar-refractivity contribution is 0.0738. The summed E-state index contributed by atoms with van der Waals surface area (Å²) in [5.41, 5.74) is 0. The predicted molar refractivity (Wildman–Crippen MR) is 68.8 cm³/mol. The minimum absolute atomic E-state index is 0.00259. The molecule has 2 bridgehead atoms. The molecule has 2 aliphatic heterocycles. The molecule has 2 atom stereocenters. The third kappa shape index (κ3) is 3.04. The molecule has 2 heterocycles. The second-order valence-corrected chi connectivity index (χ2v) is 7.57. The molecule has 2 unspecified atom stereocenters. The van der Waals surface area contributed by atoms with Crippen molar-refractivity contribution in [2.24, 2.45) is 0 Å². The van der Waals surface area contributed by atoms with Crippen molar-refractivity contribution >= 4 is 10.0 Å². The Bertz CT molecular complexity index is 368. The molecule has 6 heteroatoms. The van der Waals surface area contributed by atoms with Gasteiger partial charge in [-0.05, 0) is 39.5 Å². The summed E-state index contributed by atoms with van der Waals surface area (Å²) >= 11 is 0. The number of nitrogens with zero attached hydrogens (tertiary/aromatic N) is 1. The number of fused-ring (bicyclic) bond motifs is 2. The Morgan fingerprint density at radius 2 is 1.83 bits per heavy atom. The van der Waals surface area contributed by atoms with Crippen molar-refractivity contribution in [3.63, 3.8) is 0 Å². The molecule has 106 valence electrons. The SMILES string of the molecule is CC(C)OCCS(=O)(=O)N1C2CCC1CC(O)C2. The van der Waals surface area contributed by atoms with Crippen LogP contribution in [0.4, 0.5) is 0 Å². The Balaban J connectivity index is 1.98. The van der Waals surface area contributed by atoms with E-state index in [1.807, 2.05) is 13.8 Å². The second kappa shape index (κ2) is 5.45. The van der Waals surface area contributed by atoms with Crippen LogP contribution in [0.25, 0.3) is 0 Å². The van der Waals surface area contributed by atoms with Gasteiger partial charge < -0.3 is 9.84 Å². The van der Waals surface area contributed by atoms with E-state index in [0.29, 0.717) is 12.8 Å². The highest BCUT2D eigenvalue weighted by molar-refractivity contribution is 7.89. The smallest absolute Gasteiger partial charge is 0.216 e. The third-order valence-electron chi connectivity index (χ3n) is 3.75. The lowest BCUT2D eigenvalue weighted by Crippen LogP contribution is -2.49. The predicted octanol–water partition coefficient (Wildman–Crippen LogP) is 0.729. The first-order chi connectivity index (χ1) is 8.40. The van der Waals surface area contributed by atoms with Crippen molar-refractivity contribution in [2.75, 3.05) is 12.4 Å². The molecule has 0 amide bonds. The molecule has 0 radical (unpaired) electrons. The Hall–Kier alpha value is -0.170. The fraction of sp³-hybridized carbons (Fsp3) is 1.00. The number of aliphatic hydroxyl groups is 1. The highest BCUT2D eigenvalue weighted by atomic mass is 32.2. The van der Waals surface area contributed by atoms with E-state index < -0.39 is 10.0 Å². The fourth-order valence-electron chi connectivity index (χ4n) is 3.05. The molecule has 0 aromatic heterocycles. The first-order valence-electron chi connectivity index (χ1n) is 6.71. The summed E-state index contributed by atoms with van der Waals surface area (Å²) in [4.78, 5) is 0. The Kier molecular flexibility index (Phi) is 4.31. The van der Waals surface area contributed by atoms with Gasteiger partial charge in [0, 0.05) is 12.1 Å². The number of piperidine rings is 1. The molecule has 0 aromatic carbocycles. The van der Waals surface area contributed by atoms with Gasteiger partial charge in [-0.1, -0.05) is 0 Å². The largest absolute Gasteiger partial charge is 0.393 e. The van der Waals surface area contributed by atoms with Crippen molar-refractivity contribution < 1.29 is 18.3 Å². The minimum atomic E-state index is -3.24. The van der Waals surface area contributed by atoms with Crippen LogP contribution in [0.5, 0.6) is 0 Å². The molecule has 0 spiro atoms. The average molecular weight is 277 g/mol. The van der Waals surface area contributed by atoms with Gasteiger partial charge in [-0.3, -0.25) is 0 Å². The summed E-state index contributed by atoms with van der Waals surface area (Å²) < 4.78 is 31.6. The molecule has 1 N–H and O–H groups in total. The minimum Gasteiger partial charge on any atom is -0.393 e. The van der Waals surface area contributed by atoms with Crippen LogP contribution in [0.3, 0.4) is 0 Å². The summed E-state index contributed by atoms with van der Waals surface area (Å²) in [7, 11) is -3.24. The van der Waals surface area contributed by atoms with Gasteiger partial charge in [-0.2, -0.15) is 4.31 Å². The van der Waals surface area contributed by atoms with Gasteiger partial charge in [0.05, 0.1) is 24.6 Å². The number of hydrogen-bond acceptors (Lipinski definition) is 4. The zero-order valence-electron chi connectivity index (χ0n) is 11.1. The van der Waals surface area contributed by atoms with E-state index in [0.717, 1.165) is 12.8 Å². The quantitative estimate of drug-likeness (QED) is 0.804. The fourth-order valence-corrected chi connectivity index (χ4v) is 4.86. The molecule has 0 aromatic rings. The van der Waals surface area contributed by atoms with Crippen molar-refractivity contribution in [1.29, 1.82) is 0 Å². The van der Waals surface area contributed by atoms with E-state index in [1.165, 1.54) is 0 Å². The maximum Gasteiger partial charge on any atom is 0.216 e. The van der Waals surface area contributed by atoms with Gasteiger partial charge in [-0.15, -0.1) is 0 Å². The maximum absolute atomic E-state index is 12.3. The van der Waals surface area contributed by atoms with Crippen LogP contribution in [-0.4, -0.2) is 54.5 Å². The third-order valence-corrected chi connectivity index (χ3v) is 5.68. The van der Waals surface area contributed by atoms with E-state index in [4.69, 9.17) is 4.74 Å². The maximum atomic E-state index is 12.3. The standard InChI is InChI=1S/C12H23NO4S/c1-9(2)17-5-6-18(15,16)13-10-3-4-11(13)8-12(14)7-10/h9-12,14H,3-8H2,1-2H3. The molecular formula is C12H23NO4S. The van der Waals surface area contributed by atoms with Crippen LogP contribution in [-0.2, 0) is 14.8 Å². The molecule has 2 aliphatic rings. The summed E-state index contributed by atoms with van der Waals surface area (Å²) in [6.07, 6.45) is 2.65. The van der Waals surface area contributed by atoms with Gasteiger partial charge in [0.15, 0.2) is 0 Å². The van der Waals surface area contributed by atoms with E-state index >= 15 is 0 Å². The zero-order chi connectivity index (χ0) is 13.3. The highest BCUT2D eigenvalue weighted by Gasteiger charge is 2.45. The zero-order valence-corrected chi connectivity index (χ0v) is 11.9. The van der Waals surface area contributed by atoms with E-state index in [9.17, 15) is 13.5 Å². The monoisotopic (exact) mass is 277 g/mol. The topological polar surface area (TPSA) is 66.8 Å². The first kappa shape index (κ1) is 14.2. The summed E-state index contributed by atoms with van der Waals surface area (Å²) in [6.45, 7) is 4.04. The normalized spacial score (nSPS) is 33.2. The van der Waals surface area contributed by atoms with Crippen molar-refractivity contribution in [1.82, 2.24) is 4.31 Å². The number of sulfonamides is 1. The van der Waals surface area contributed by atoms with Crippen LogP contribution >= 0.6 is 0 Å². The number of aliphatic hydroxyl groups excluding tert-OH is 1. The van der Waals surface area contributed by atoms with Crippen molar-refractivity contribution in [3.05, 3.63) is 0 Å². The van der Waals surface area contributed by atoms with Gasteiger partial charge in [-0.25, -0.2) is 8.42 Å². The molecule has 2 rings (SSSR count). The summed E-state index contributed by atoms with van der Waals surface area (Å²) in [5.74, 6) is 0.0499. The van der Waals surface area contributed by atoms with Gasteiger partial charge in [0.1, 0.15) is 0 Å². The lowest BCUT2D eigenvalue weighted by Gasteiger charge is -2.36. The number of hydrogen-bond donors (Lipinski definition) is 1. The second-order valence-electron chi connectivity index (χ2n) is 5.58. The summed E-state index contributed by atoms with van der Waals surface area (Å²) in [6, 6.07) is 0.00519. The Labute approximate surface area is 109 Å². The van der Waals surface area contributed by atoms with Gasteiger partial charge in [0.25, 0.3) is 0 Å². The molecular weight excluding hydrogens is 254 g/mol. The average Bonchev–Trinajstić information content (AvgIpc) is 2.52. The van der Waals surface area contributed by atoms with Crippen molar-refractivity contribution in [3.8, 4) is 0 Å². The van der Waals surface area contributed by atoms with Gasteiger partial charge in [0.2, 0.25) is 10.0 Å². The number of rotatable bonds is 5. The molecule has 0 saturated carbocycles. The molecule has 2 saturated heterocycles. The highest BCUT2D eigenvalue weighted by Crippen LogP contribution is 2.37. The summed E-state index contributed by atoms with van der Waals surface area (Å²) in [5, 5.41) is 9.68. The van der Waals surface area contributed by atoms with Crippen molar-refractivity contribution in [2.45, 2.75) is 63.8 Å². The molecule has 5 nitrogen and oxygen atoms in total. The van der Waals surface area contributed by atoms with Gasteiger partial charge >= 0.3 is 0 Å². The number of ether oxygens (including phenoxy) is 1. The van der Waals surface area contributed by atoms with E-state index in [2.05, 4.69) is 0 Å².